The highest BCUT2D eigenvalue weighted by Crippen LogP contribution is 2.52. The van der Waals surface area contributed by atoms with Gasteiger partial charge in [-0.15, -0.1) is 24.0 Å². The summed E-state index contributed by atoms with van der Waals surface area (Å²) in [7, 11) is -3.08. The topological polar surface area (TPSA) is 83.0 Å². The molecule has 2 heterocycles. The number of hydrogen-bond acceptors (Lipinski definition) is 4. The molecule has 7 nitrogen and oxygen atoms in total. The molecule has 9 heteroatoms. The average Bonchev–Trinajstić information content (AvgIpc) is 3.07. The van der Waals surface area contributed by atoms with E-state index in [0.717, 1.165) is 38.4 Å². The number of piperidine rings is 1. The van der Waals surface area contributed by atoms with Crippen molar-refractivity contribution in [2.24, 2.45) is 16.3 Å². The van der Waals surface area contributed by atoms with E-state index in [-0.39, 0.29) is 41.2 Å². The van der Waals surface area contributed by atoms with Crippen LogP contribution < -0.4 is 10.6 Å². The lowest BCUT2D eigenvalue weighted by Gasteiger charge is -2.55. The summed E-state index contributed by atoms with van der Waals surface area (Å²) in [6.07, 6.45) is 3.09. The second kappa shape index (κ2) is 9.13. The lowest BCUT2D eigenvalue weighted by atomic mass is 9.57. The normalized spacial score (nSPS) is 31.6. The van der Waals surface area contributed by atoms with Gasteiger partial charge in [-0.3, -0.25) is 4.99 Å². The number of nitrogens with zero attached hydrogens (tertiary/aromatic N) is 2. The Kier molecular flexibility index (Phi) is 7.83. The minimum absolute atomic E-state index is 0. The molecule has 3 rings (SSSR count). The van der Waals surface area contributed by atoms with Gasteiger partial charge < -0.3 is 15.4 Å². The van der Waals surface area contributed by atoms with Gasteiger partial charge in [-0.2, -0.15) is 0 Å². The van der Waals surface area contributed by atoms with Crippen molar-refractivity contribution in [3.8, 4) is 0 Å². The van der Waals surface area contributed by atoms with Crippen LogP contribution in [0.3, 0.4) is 0 Å². The number of rotatable bonds is 5. The molecule has 0 spiro atoms. The van der Waals surface area contributed by atoms with Gasteiger partial charge in [0.25, 0.3) is 0 Å². The zero-order valence-electron chi connectivity index (χ0n) is 16.9. The number of hydrogen-bond donors (Lipinski definition) is 2. The van der Waals surface area contributed by atoms with E-state index in [4.69, 9.17) is 4.74 Å². The predicted octanol–water partition coefficient (Wildman–Crippen LogP) is 1.79. The van der Waals surface area contributed by atoms with Crippen molar-refractivity contribution in [3.63, 3.8) is 0 Å². The molecule has 3 fully saturated rings. The summed E-state index contributed by atoms with van der Waals surface area (Å²) in [5.41, 5.74) is 0.107. The molecule has 27 heavy (non-hydrogen) atoms. The van der Waals surface area contributed by atoms with Gasteiger partial charge in [0.1, 0.15) is 0 Å². The molecule has 3 aliphatic rings. The molecule has 3 unspecified atom stereocenters. The van der Waals surface area contributed by atoms with Crippen LogP contribution in [0.2, 0.25) is 0 Å². The van der Waals surface area contributed by atoms with Crippen LogP contribution in [0, 0.1) is 11.3 Å². The second-order valence-electron chi connectivity index (χ2n) is 8.23. The summed E-state index contributed by atoms with van der Waals surface area (Å²) >= 11 is 0. The van der Waals surface area contributed by atoms with Crippen molar-refractivity contribution < 1.29 is 13.2 Å². The number of ether oxygens (including phenoxy) is 1. The van der Waals surface area contributed by atoms with E-state index >= 15 is 0 Å². The molecule has 0 aromatic heterocycles. The van der Waals surface area contributed by atoms with Gasteiger partial charge in [-0.1, -0.05) is 13.8 Å². The first kappa shape index (κ1) is 23.2. The number of sulfonamides is 1. The molecule has 2 saturated heterocycles. The maximum Gasteiger partial charge on any atom is 0.213 e. The molecule has 158 valence electrons. The van der Waals surface area contributed by atoms with E-state index in [1.807, 2.05) is 6.92 Å². The lowest BCUT2D eigenvalue weighted by Crippen LogP contribution is -2.68. The molecule has 0 radical (unpaired) electrons. The molecule has 3 atom stereocenters. The van der Waals surface area contributed by atoms with Crippen LogP contribution in [0.5, 0.6) is 0 Å². The Morgan fingerprint density at radius 1 is 1.19 bits per heavy atom. The maximum atomic E-state index is 12.0. The number of fused-ring (bicyclic) bond motifs is 1. The van der Waals surface area contributed by atoms with Crippen LogP contribution in [0.25, 0.3) is 0 Å². The van der Waals surface area contributed by atoms with Gasteiger partial charge >= 0.3 is 0 Å². The maximum absolute atomic E-state index is 12.0. The highest BCUT2D eigenvalue weighted by Gasteiger charge is 2.59. The highest BCUT2D eigenvalue weighted by molar-refractivity contribution is 14.0. The third-order valence-electron chi connectivity index (χ3n) is 6.26. The summed E-state index contributed by atoms with van der Waals surface area (Å²) in [6, 6.07) is 0.628. The smallest absolute Gasteiger partial charge is 0.213 e. The molecular formula is C18H35IN4O3S. The summed E-state index contributed by atoms with van der Waals surface area (Å²) in [4.78, 5) is 4.63. The first-order valence-corrected chi connectivity index (χ1v) is 11.6. The number of aliphatic imine (C=N–C) groups is 1. The molecule has 2 N–H and O–H groups in total. The predicted molar refractivity (Wildman–Crippen MR) is 119 cm³/mol. The van der Waals surface area contributed by atoms with E-state index < -0.39 is 10.0 Å². The Labute approximate surface area is 181 Å². The van der Waals surface area contributed by atoms with Crippen LogP contribution in [0.4, 0.5) is 0 Å². The van der Waals surface area contributed by atoms with Crippen molar-refractivity contribution in [2.75, 3.05) is 32.0 Å². The Morgan fingerprint density at radius 3 is 2.44 bits per heavy atom. The summed E-state index contributed by atoms with van der Waals surface area (Å²) in [6.45, 7) is 11.0. The first-order chi connectivity index (χ1) is 12.3. The van der Waals surface area contributed by atoms with Crippen molar-refractivity contribution in [1.29, 1.82) is 0 Å². The molecule has 0 aromatic carbocycles. The van der Waals surface area contributed by atoms with Crippen molar-refractivity contribution in [2.45, 2.75) is 65.1 Å². The lowest BCUT2D eigenvalue weighted by molar-refractivity contribution is -0.106. The van der Waals surface area contributed by atoms with E-state index in [2.05, 4.69) is 29.5 Å². The highest BCUT2D eigenvalue weighted by atomic mass is 127. The van der Waals surface area contributed by atoms with Crippen molar-refractivity contribution in [3.05, 3.63) is 0 Å². The molecule has 1 aliphatic carbocycles. The number of nitrogens with one attached hydrogen (secondary N) is 2. The monoisotopic (exact) mass is 514 g/mol. The zero-order chi connectivity index (χ0) is 18.9. The second-order valence-corrected chi connectivity index (χ2v) is 10.5. The van der Waals surface area contributed by atoms with Gasteiger partial charge in [0.15, 0.2) is 5.96 Å². The van der Waals surface area contributed by atoms with Crippen LogP contribution in [0.1, 0.15) is 47.0 Å². The SMILES string of the molecule is CCN=C(NC1CCN(S(=O)(=O)CC)CC1)NC1C2CCOC2C1(C)C.I. The van der Waals surface area contributed by atoms with Gasteiger partial charge in [0.2, 0.25) is 10.0 Å². The Balaban J connectivity index is 0.00000261. The Morgan fingerprint density at radius 2 is 1.85 bits per heavy atom. The molecular weight excluding hydrogens is 479 g/mol. The van der Waals surface area contributed by atoms with E-state index in [9.17, 15) is 8.42 Å². The van der Waals surface area contributed by atoms with Gasteiger partial charge in [-0.25, -0.2) is 12.7 Å². The van der Waals surface area contributed by atoms with Gasteiger partial charge in [0, 0.05) is 49.7 Å². The van der Waals surface area contributed by atoms with Gasteiger partial charge in [0.05, 0.1) is 11.9 Å². The first-order valence-electron chi connectivity index (χ1n) is 9.96. The van der Waals surface area contributed by atoms with Gasteiger partial charge in [-0.05, 0) is 33.1 Å². The van der Waals surface area contributed by atoms with Crippen molar-refractivity contribution >= 4 is 40.0 Å². The van der Waals surface area contributed by atoms with Crippen molar-refractivity contribution in [1.82, 2.24) is 14.9 Å². The quantitative estimate of drug-likeness (QED) is 0.332. The fourth-order valence-corrected chi connectivity index (χ4v) is 5.84. The average molecular weight is 514 g/mol. The molecule has 0 amide bonds. The minimum Gasteiger partial charge on any atom is -0.377 e. The molecule has 1 saturated carbocycles. The molecule has 2 aliphatic heterocycles. The van der Waals surface area contributed by atoms with E-state index in [0.29, 0.717) is 31.2 Å². The number of guanidine groups is 1. The fraction of sp³-hybridized carbons (Fsp3) is 0.944. The summed E-state index contributed by atoms with van der Waals surface area (Å²) in [5.74, 6) is 1.59. The Hall–Kier alpha value is -0.130. The van der Waals surface area contributed by atoms with Crippen LogP contribution in [-0.4, -0.2) is 68.9 Å². The molecule has 0 aromatic rings. The molecule has 0 bridgehead atoms. The fourth-order valence-electron chi connectivity index (χ4n) is 4.71. The van der Waals surface area contributed by atoms with Crippen LogP contribution in [-0.2, 0) is 14.8 Å². The third kappa shape index (κ3) is 4.72. The standard InChI is InChI=1S/C18H34N4O3S.HI/c1-5-19-17(21-15-14-9-12-25-16(14)18(15,3)4)20-13-7-10-22(11-8-13)26(23,24)6-2;/h13-16H,5-12H2,1-4H3,(H2,19,20,21);1H. The van der Waals surface area contributed by atoms with Crippen LogP contribution in [0.15, 0.2) is 4.99 Å². The Bertz CT molecular complexity index is 633. The van der Waals surface area contributed by atoms with E-state index in [1.54, 1.807) is 11.2 Å². The summed E-state index contributed by atoms with van der Waals surface area (Å²) < 4.78 is 31.5. The van der Waals surface area contributed by atoms with Crippen LogP contribution >= 0.6 is 24.0 Å². The largest absolute Gasteiger partial charge is 0.377 e. The zero-order valence-corrected chi connectivity index (χ0v) is 20.0. The van der Waals surface area contributed by atoms with E-state index in [1.165, 1.54) is 0 Å². The summed E-state index contributed by atoms with van der Waals surface area (Å²) in [5, 5.41) is 7.18. The minimum atomic E-state index is -3.08. The number of halogens is 1. The third-order valence-corrected chi connectivity index (χ3v) is 8.14.